The van der Waals surface area contributed by atoms with Crippen LogP contribution in [0.2, 0.25) is 0 Å². The lowest BCUT2D eigenvalue weighted by Gasteiger charge is -2.37. The number of nitrogens with zero attached hydrogens (tertiary/aromatic N) is 1. The zero-order valence-electron chi connectivity index (χ0n) is 7.24. The molecular weight excluding hydrogens is 174 g/mol. The normalized spacial score (nSPS) is 52.2. The van der Waals surface area contributed by atoms with Crippen LogP contribution in [0.3, 0.4) is 0 Å². The molecule has 2 rings (SSSR count). The summed E-state index contributed by atoms with van der Waals surface area (Å²) in [5.74, 6) is 0. The topological polar surface area (TPSA) is 84.2 Å². The van der Waals surface area contributed by atoms with Crippen molar-refractivity contribution in [1.29, 1.82) is 0 Å². The van der Waals surface area contributed by atoms with E-state index in [1.54, 1.807) is 0 Å². The fourth-order valence-electron chi connectivity index (χ4n) is 2.27. The minimum atomic E-state index is -0.944. The van der Waals surface area contributed by atoms with E-state index in [9.17, 15) is 20.4 Å². The van der Waals surface area contributed by atoms with Gasteiger partial charge in [-0.05, 0) is 6.42 Å². The van der Waals surface area contributed by atoms with E-state index in [1.165, 1.54) is 0 Å². The number of hydrogen-bond acceptors (Lipinski definition) is 5. The number of fused-ring (bicyclic) bond motifs is 1. The van der Waals surface area contributed by atoms with Crippen LogP contribution in [0.4, 0.5) is 0 Å². The first kappa shape index (κ1) is 9.36. The van der Waals surface area contributed by atoms with Crippen LogP contribution in [0.25, 0.3) is 0 Å². The Morgan fingerprint density at radius 1 is 0.923 bits per heavy atom. The smallest absolute Gasteiger partial charge is 0.0992 e. The van der Waals surface area contributed by atoms with Crippen molar-refractivity contribution in [3.63, 3.8) is 0 Å². The Morgan fingerprint density at radius 3 is 2.23 bits per heavy atom. The van der Waals surface area contributed by atoms with Crippen LogP contribution in [-0.4, -0.2) is 68.9 Å². The quantitative estimate of drug-likeness (QED) is 0.339. The summed E-state index contributed by atoms with van der Waals surface area (Å²) < 4.78 is 0. The van der Waals surface area contributed by atoms with Crippen LogP contribution in [-0.2, 0) is 0 Å². The van der Waals surface area contributed by atoms with Gasteiger partial charge >= 0.3 is 0 Å². The van der Waals surface area contributed by atoms with Gasteiger partial charge in [-0.3, -0.25) is 4.90 Å². The molecule has 0 saturated carbocycles. The maximum absolute atomic E-state index is 9.57. The summed E-state index contributed by atoms with van der Waals surface area (Å²) in [7, 11) is 0. The van der Waals surface area contributed by atoms with Crippen LogP contribution in [0.1, 0.15) is 6.42 Å². The molecule has 0 radical (unpaired) electrons. The Hall–Kier alpha value is -0.200. The highest BCUT2D eigenvalue weighted by molar-refractivity contribution is 5.02. The molecule has 5 heteroatoms. The lowest BCUT2D eigenvalue weighted by molar-refractivity contribution is -0.0907. The number of aliphatic hydroxyl groups is 4. The molecule has 2 fully saturated rings. The van der Waals surface area contributed by atoms with Crippen molar-refractivity contribution >= 4 is 0 Å². The number of piperidine rings is 1. The summed E-state index contributed by atoms with van der Waals surface area (Å²) in [6.07, 6.45) is -2.96. The van der Waals surface area contributed by atoms with Gasteiger partial charge in [0.15, 0.2) is 0 Å². The molecule has 2 aliphatic rings. The molecule has 5 nitrogen and oxygen atoms in total. The summed E-state index contributed by atoms with van der Waals surface area (Å²) in [6.45, 7) is 1.01. The van der Waals surface area contributed by atoms with E-state index in [2.05, 4.69) is 0 Å². The standard InChI is InChI=1S/C8H15NO4/c10-4-1-2-9-3-5(11)8(13)6(9)7(4)12/h4-8,10-13H,1-3H2/t4-,5+,6-,7-,8-/m1/s1. The molecule has 76 valence electrons. The average Bonchev–Trinajstić information content (AvgIpc) is 2.37. The van der Waals surface area contributed by atoms with Gasteiger partial charge in [0.05, 0.1) is 30.5 Å². The second-order valence-corrected chi connectivity index (χ2v) is 3.89. The fraction of sp³-hybridized carbons (Fsp3) is 1.00. The second-order valence-electron chi connectivity index (χ2n) is 3.89. The molecule has 0 aromatic heterocycles. The highest BCUT2D eigenvalue weighted by Gasteiger charge is 2.48. The number of aliphatic hydroxyl groups excluding tert-OH is 4. The van der Waals surface area contributed by atoms with Crippen LogP contribution >= 0.6 is 0 Å². The second kappa shape index (κ2) is 3.18. The van der Waals surface area contributed by atoms with Crippen LogP contribution in [0.15, 0.2) is 0 Å². The average molecular weight is 189 g/mol. The van der Waals surface area contributed by atoms with Crippen LogP contribution in [0, 0.1) is 0 Å². The zero-order chi connectivity index (χ0) is 9.59. The molecule has 0 spiro atoms. The Balaban J connectivity index is 2.14. The Bertz CT molecular complexity index is 199. The zero-order valence-corrected chi connectivity index (χ0v) is 7.24. The van der Waals surface area contributed by atoms with Gasteiger partial charge in [-0.25, -0.2) is 0 Å². The van der Waals surface area contributed by atoms with Crippen molar-refractivity contribution in [2.45, 2.75) is 36.9 Å². The third kappa shape index (κ3) is 1.37. The van der Waals surface area contributed by atoms with Crippen molar-refractivity contribution in [3.05, 3.63) is 0 Å². The molecule has 0 bridgehead atoms. The maximum Gasteiger partial charge on any atom is 0.0992 e. The maximum atomic E-state index is 9.57. The van der Waals surface area contributed by atoms with E-state index in [-0.39, 0.29) is 0 Å². The van der Waals surface area contributed by atoms with Crippen LogP contribution in [0.5, 0.6) is 0 Å². The van der Waals surface area contributed by atoms with E-state index in [4.69, 9.17) is 0 Å². The van der Waals surface area contributed by atoms with E-state index in [0.29, 0.717) is 19.5 Å². The molecule has 2 aliphatic heterocycles. The summed E-state index contributed by atoms with van der Waals surface area (Å²) in [5, 5.41) is 37.8. The molecule has 4 N–H and O–H groups in total. The number of rotatable bonds is 0. The van der Waals surface area contributed by atoms with Crippen molar-refractivity contribution in [3.8, 4) is 0 Å². The first-order valence-corrected chi connectivity index (χ1v) is 4.57. The number of hydrogen-bond donors (Lipinski definition) is 4. The third-order valence-electron chi connectivity index (χ3n) is 3.04. The summed E-state index contributed by atoms with van der Waals surface area (Å²) >= 11 is 0. The van der Waals surface area contributed by atoms with Crippen molar-refractivity contribution in [2.24, 2.45) is 0 Å². The highest BCUT2D eigenvalue weighted by atomic mass is 16.4. The Morgan fingerprint density at radius 2 is 1.54 bits per heavy atom. The SMILES string of the molecule is O[C@H]1[C@@H]2[C@H](O)[C@@H](O)CN2CC[C@H]1O. The van der Waals surface area contributed by atoms with Gasteiger partial charge in [-0.1, -0.05) is 0 Å². The van der Waals surface area contributed by atoms with E-state index in [1.807, 2.05) is 4.90 Å². The molecule has 13 heavy (non-hydrogen) atoms. The molecule has 0 aromatic carbocycles. The van der Waals surface area contributed by atoms with Gasteiger partial charge < -0.3 is 20.4 Å². The van der Waals surface area contributed by atoms with Gasteiger partial charge in [0.1, 0.15) is 0 Å². The first-order valence-electron chi connectivity index (χ1n) is 4.57. The Labute approximate surface area is 76.2 Å². The van der Waals surface area contributed by atoms with Gasteiger partial charge in [0, 0.05) is 13.1 Å². The van der Waals surface area contributed by atoms with Gasteiger partial charge in [0.25, 0.3) is 0 Å². The molecule has 2 saturated heterocycles. The lowest BCUT2D eigenvalue weighted by Crippen LogP contribution is -2.55. The van der Waals surface area contributed by atoms with E-state index >= 15 is 0 Å². The third-order valence-corrected chi connectivity index (χ3v) is 3.04. The van der Waals surface area contributed by atoms with Crippen LogP contribution < -0.4 is 0 Å². The summed E-state index contributed by atoms with van der Waals surface area (Å²) in [4.78, 5) is 1.83. The highest BCUT2D eigenvalue weighted by Crippen LogP contribution is 2.27. The van der Waals surface area contributed by atoms with Gasteiger partial charge in [-0.2, -0.15) is 0 Å². The summed E-state index contributed by atoms with van der Waals surface area (Å²) in [6, 6.07) is -0.501. The van der Waals surface area contributed by atoms with Crippen molar-refractivity contribution in [1.82, 2.24) is 4.90 Å². The van der Waals surface area contributed by atoms with E-state index in [0.717, 1.165) is 0 Å². The van der Waals surface area contributed by atoms with Crippen molar-refractivity contribution < 1.29 is 20.4 Å². The fourth-order valence-corrected chi connectivity index (χ4v) is 2.27. The minimum Gasteiger partial charge on any atom is -0.390 e. The molecule has 0 aromatic rings. The van der Waals surface area contributed by atoms with Gasteiger partial charge in [-0.15, -0.1) is 0 Å². The summed E-state index contributed by atoms with van der Waals surface area (Å²) in [5.41, 5.74) is 0. The molecule has 0 aliphatic carbocycles. The largest absolute Gasteiger partial charge is 0.390 e. The lowest BCUT2D eigenvalue weighted by atomic mass is 9.94. The molecule has 0 amide bonds. The first-order chi connectivity index (χ1) is 6.11. The Kier molecular flexibility index (Phi) is 2.29. The van der Waals surface area contributed by atoms with Gasteiger partial charge in [0.2, 0.25) is 0 Å². The molecular formula is C8H15NO4. The minimum absolute atomic E-state index is 0.385. The molecule has 2 heterocycles. The van der Waals surface area contributed by atoms with E-state index < -0.39 is 30.5 Å². The predicted molar refractivity (Wildman–Crippen MR) is 44.0 cm³/mol. The predicted octanol–water partition coefficient (Wildman–Crippen LogP) is -2.48. The molecule has 5 atom stereocenters. The molecule has 0 unspecified atom stereocenters. The monoisotopic (exact) mass is 189 g/mol. The van der Waals surface area contributed by atoms with Crippen molar-refractivity contribution in [2.75, 3.05) is 13.1 Å².